The number of piperidine rings is 1. The summed E-state index contributed by atoms with van der Waals surface area (Å²) in [5.41, 5.74) is 2.93. The molecule has 6 nitrogen and oxygen atoms in total. The summed E-state index contributed by atoms with van der Waals surface area (Å²) in [5.74, 6) is 1.66. The largest absolute Gasteiger partial charge is 0.356 e. The molecule has 8 heteroatoms. The lowest BCUT2D eigenvalue weighted by molar-refractivity contribution is 0.392. The fourth-order valence-electron chi connectivity index (χ4n) is 3.67. The van der Waals surface area contributed by atoms with Gasteiger partial charge in [-0.2, -0.15) is 0 Å². The minimum Gasteiger partial charge on any atom is -0.356 e. The molecule has 0 bridgehead atoms. The molecule has 0 unspecified atom stereocenters. The third kappa shape index (κ3) is 7.60. The second-order valence-corrected chi connectivity index (χ2v) is 8.19. The van der Waals surface area contributed by atoms with Gasteiger partial charge in [0, 0.05) is 51.0 Å². The van der Waals surface area contributed by atoms with Gasteiger partial charge in [0.05, 0.1) is 0 Å². The van der Waals surface area contributed by atoms with Gasteiger partial charge in [-0.3, -0.25) is 4.99 Å². The molecule has 3 rings (SSSR count). The molecular weight excluding hydrogens is 506 g/mol. The molecule has 1 aliphatic heterocycles. The third-order valence-electron chi connectivity index (χ3n) is 5.34. The van der Waals surface area contributed by atoms with Crippen molar-refractivity contribution in [2.75, 3.05) is 39.1 Å². The Morgan fingerprint density at radius 1 is 1.23 bits per heavy atom. The standard InChI is InChI=1S/C23H33FN6.HI/c1-17-5-8-22(26-14-17)30-11-9-20(10-12-30)28-23(25-2)27-15-18-6-7-21(24)19(13-18)16-29(3)4;/h5-8,13-14,20H,9-12,15-16H2,1-4H3,(H2,25,27,28);1H. The molecule has 0 saturated carbocycles. The number of benzene rings is 1. The Morgan fingerprint density at radius 3 is 2.58 bits per heavy atom. The molecular formula is C23H34FIN6. The summed E-state index contributed by atoms with van der Waals surface area (Å²) in [4.78, 5) is 13.2. The van der Waals surface area contributed by atoms with E-state index in [1.165, 1.54) is 5.56 Å². The van der Waals surface area contributed by atoms with Gasteiger partial charge < -0.3 is 20.4 Å². The first-order valence-electron chi connectivity index (χ1n) is 10.5. The van der Waals surface area contributed by atoms with E-state index in [0.717, 1.165) is 43.3 Å². The van der Waals surface area contributed by atoms with E-state index in [4.69, 9.17) is 0 Å². The topological polar surface area (TPSA) is 55.8 Å². The highest BCUT2D eigenvalue weighted by Crippen LogP contribution is 2.18. The van der Waals surface area contributed by atoms with Gasteiger partial charge in [0.25, 0.3) is 0 Å². The number of anilines is 1. The number of pyridine rings is 1. The van der Waals surface area contributed by atoms with Crippen molar-refractivity contribution in [1.82, 2.24) is 20.5 Å². The number of aryl methyl sites for hydroxylation is 1. The Hall–Kier alpha value is -1.94. The molecule has 170 valence electrons. The maximum Gasteiger partial charge on any atom is 0.191 e. The Kier molecular flexibility index (Phi) is 9.95. The maximum atomic E-state index is 14.0. The number of rotatable bonds is 6. The maximum absolute atomic E-state index is 14.0. The van der Waals surface area contributed by atoms with E-state index in [9.17, 15) is 4.39 Å². The number of nitrogens with one attached hydrogen (secondary N) is 2. The molecule has 1 fully saturated rings. The van der Waals surface area contributed by atoms with Gasteiger partial charge in [-0.25, -0.2) is 9.37 Å². The van der Waals surface area contributed by atoms with Crippen molar-refractivity contribution in [2.24, 2.45) is 4.99 Å². The summed E-state index contributed by atoms with van der Waals surface area (Å²) in [6, 6.07) is 9.86. The third-order valence-corrected chi connectivity index (χ3v) is 5.34. The lowest BCUT2D eigenvalue weighted by Crippen LogP contribution is -2.48. The van der Waals surface area contributed by atoms with E-state index >= 15 is 0 Å². The smallest absolute Gasteiger partial charge is 0.191 e. The van der Waals surface area contributed by atoms with Gasteiger partial charge in [0.1, 0.15) is 11.6 Å². The number of nitrogens with zero attached hydrogens (tertiary/aromatic N) is 4. The van der Waals surface area contributed by atoms with Crippen LogP contribution in [0.25, 0.3) is 0 Å². The van der Waals surface area contributed by atoms with Crippen LogP contribution in [0.4, 0.5) is 10.2 Å². The fourth-order valence-corrected chi connectivity index (χ4v) is 3.67. The minimum absolute atomic E-state index is 0. The van der Waals surface area contributed by atoms with E-state index in [0.29, 0.717) is 24.7 Å². The minimum atomic E-state index is -0.162. The van der Waals surface area contributed by atoms with Crippen LogP contribution in [-0.2, 0) is 13.1 Å². The van der Waals surface area contributed by atoms with Crippen molar-refractivity contribution < 1.29 is 4.39 Å². The van der Waals surface area contributed by atoms with Crippen LogP contribution >= 0.6 is 24.0 Å². The number of halogens is 2. The predicted molar refractivity (Wildman–Crippen MR) is 137 cm³/mol. The van der Waals surface area contributed by atoms with Gasteiger partial charge in [-0.1, -0.05) is 12.1 Å². The van der Waals surface area contributed by atoms with Crippen LogP contribution in [-0.4, -0.2) is 56.1 Å². The summed E-state index contributed by atoms with van der Waals surface area (Å²) in [6.45, 7) is 5.18. The first-order valence-corrected chi connectivity index (χ1v) is 10.5. The van der Waals surface area contributed by atoms with Crippen molar-refractivity contribution in [3.8, 4) is 0 Å². The molecule has 1 aromatic heterocycles. The lowest BCUT2D eigenvalue weighted by Gasteiger charge is -2.33. The molecule has 1 saturated heterocycles. The highest BCUT2D eigenvalue weighted by atomic mass is 127. The van der Waals surface area contributed by atoms with Crippen molar-refractivity contribution in [2.45, 2.75) is 38.9 Å². The first kappa shape index (κ1) is 25.3. The second kappa shape index (κ2) is 12.2. The highest BCUT2D eigenvalue weighted by molar-refractivity contribution is 14.0. The van der Waals surface area contributed by atoms with E-state index in [-0.39, 0.29) is 29.8 Å². The van der Waals surface area contributed by atoms with Crippen LogP contribution in [0.5, 0.6) is 0 Å². The fraction of sp³-hybridized carbons (Fsp3) is 0.478. The number of hydrogen-bond donors (Lipinski definition) is 2. The molecule has 2 N–H and O–H groups in total. The molecule has 0 amide bonds. The van der Waals surface area contributed by atoms with E-state index in [1.54, 1.807) is 13.1 Å². The average Bonchev–Trinajstić information content (AvgIpc) is 2.74. The van der Waals surface area contributed by atoms with Crippen molar-refractivity contribution in [3.63, 3.8) is 0 Å². The Bertz CT molecular complexity index is 848. The number of aromatic nitrogens is 1. The van der Waals surface area contributed by atoms with Crippen LogP contribution < -0.4 is 15.5 Å². The molecule has 2 heterocycles. The van der Waals surface area contributed by atoms with Gasteiger partial charge in [-0.05, 0) is 63.2 Å². The number of guanidine groups is 1. The molecule has 0 spiro atoms. The molecule has 2 aromatic rings. The molecule has 0 aliphatic carbocycles. The highest BCUT2D eigenvalue weighted by Gasteiger charge is 2.20. The van der Waals surface area contributed by atoms with Gasteiger partial charge >= 0.3 is 0 Å². The second-order valence-electron chi connectivity index (χ2n) is 8.19. The van der Waals surface area contributed by atoms with E-state index in [2.05, 4.69) is 44.6 Å². The number of aliphatic imine (C=N–C) groups is 1. The zero-order chi connectivity index (χ0) is 21.5. The van der Waals surface area contributed by atoms with E-state index < -0.39 is 0 Å². The summed E-state index contributed by atoms with van der Waals surface area (Å²) < 4.78 is 14.0. The van der Waals surface area contributed by atoms with E-state index in [1.807, 2.05) is 37.3 Å². The average molecular weight is 540 g/mol. The molecule has 0 radical (unpaired) electrons. The van der Waals surface area contributed by atoms with Crippen LogP contribution in [0, 0.1) is 12.7 Å². The van der Waals surface area contributed by atoms with Gasteiger partial charge in [-0.15, -0.1) is 24.0 Å². The molecule has 0 atom stereocenters. The van der Waals surface area contributed by atoms with Crippen molar-refractivity contribution in [3.05, 3.63) is 59.0 Å². The monoisotopic (exact) mass is 540 g/mol. The first-order chi connectivity index (χ1) is 14.4. The van der Waals surface area contributed by atoms with Crippen LogP contribution in [0.2, 0.25) is 0 Å². The summed E-state index contributed by atoms with van der Waals surface area (Å²) >= 11 is 0. The molecule has 31 heavy (non-hydrogen) atoms. The SMILES string of the molecule is CN=C(NCc1ccc(F)c(CN(C)C)c1)NC1CCN(c2ccc(C)cn2)CC1.I. The lowest BCUT2D eigenvalue weighted by atomic mass is 10.1. The quantitative estimate of drug-likeness (QED) is 0.334. The van der Waals surface area contributed by atoms with Crippen molar-refractivity contribution >= 4 is 35.8 Å². The normalized spacial score (nSPS) is 15.0. The Morgan fingerprint density at radius 2 is 1.97 bits per heavy atom. The summed E-state index contributed by atoms with van der Waals surface area (Å²) in [5, 5.41) is 6.88. The van der Waals surface area contributed by atoms with Crippen molar-refractivity contribution in [1.29, 1.82) is 0 Å². The summed E-state index contributed by atoms with van der Waals surface area (Å²) in [7, 11) is 5.66. The predicted octanol–water partition coefficient (Wildman–Crippen LogP) is 3.54. The van der Waals surface area contributed by atoms with Crippen LogP contribution in [0.1, 0.15) is 29.5 Å². The Balaban J connectivity index is 0.00000341. The van der Waals surface area contributed by atoms with Gasteiger partial charge in [0.2, 0.25) is 0 Å². The number of hydrogen-bond acceptors (Lipinski definition) is 4. The Labute approximate surface area is 202 Å². The molecule has 1 aliphatic rings. The summed E-state index contributed by atoms with van der Waals surface area (Å²) in [6.07, 6.45) is 3.98. The van der Waals surface area contributed by atoms with Gasteiger partial charge in [0.15, 0.2) is 5.96 Å². The van der Waals surface area contributed by atoms with Crippen LogP contribution in [0.15, 0.2) is 41.5 Å². The zero-order valence-electron chi connectivity index (χ0n) is 18.9. The van der Waals surface area contributed by atoms with Crippen LogP contribution in [0.3, 0.4) is 0 Å². The zero-order valence-corrected chi connectivity index (χ0v) is 21.2. The molecule has 1 aromatic carbocycles.